The average molecular weight is 211 g/mol. The van der Waals surface area contributed by atoms with Crippen molar-refractivity contribution in [2.24, 2.45) is 0 Å². The van der Waals surface area contributed by atoms with Gasteiger partial charge in [0.2, 0.25) is 5.91 Å². The molecule has 82 valence electrons. The number of aryl methyl sites for hydroxylation is 1. The average Bonchev–Trinajstić information content (AvgIpc) is 2.62. The lowest BCUT2D eigenvalue weighted by atomic mass is 10.4. The fraction of sp³-hybridized carbons (Fsp3) is 0.444. The number of hydrogen-bond donors (Lipinski definition) is 2. The van der Waals surface area contributed by atoms with E-state index < -0.39 is 5.97 Å². The highest BCUT2D eigenvalue weighted by molar-refractivity contribution is 5.80. The third kappa shape index (κ3) is 3.41. The van der Waals surface area contributed by atoms with E-state index in [4.69, 9.17) is 5.11 Å². The van der Waals surface area contributed by atoms with Crippen molar-refractivity contribution in [3.8, 4) is 0 Å². The summed E-state index contributed by atoms with van der Waals surface area (Å²) in [6.07, 6.45) is 4.04. The summed E-state index contributed by atoms with van der Waals surface area (Å²) in [6.45, 7) is 1.69. The Kier molecular flexibility index (Phi) is 3.84. The molecule has 0 aliphatic heterocycles. The number of rotatable bonds is 5. The number of aliphatic carboxylic acids is 1. The quantitative estimate of drug-likeness (QED) is 0.697. The van der Waals surface area contributed by atoms with Crippen LogP contribution in [0.2, 0.25) is 0 Å². The lowest BCUT2D eigenvalue weighted by Gasteiger charge is -2.05. The number of carboxylic acid groups (broad SMARTS) is 1. The van der Waals surface area contributed by atoms with Crippen LogP contribution < -0.4 is 5.32 Å². The van der Waals surface area contributed by atoms with Crippen molar-refractivity contribution in [3.63, 3.8) is 0 Å². The van der Waals surface area contributed by atoms with E-state index in [0.29, 0.717) is 0 Å². The van der Waals surface area contributed by atoms with Gasteiger partial charge in [-0.05, 0) is 0 Å². The van der Waals surface area contributed by atoms with Crippen molar-refractivity contribution in [2.75, 3.05) is 6.54 Å². The number of carboxylic acids is 1. The monoisotopic (exact) mass is 211 g/mol. The molecule has 0 atom stereocenters. The number of nitrogens with one attached hydrogen (secondary N) is 1. The van der Waals surface area contributed by atoms with E-state index in [0.717, 1.165) is 12.2 Å². The second-order valence-corrected chi connectivity index (χ2v) is 3.00. The number of nitrogens with zero attached hydrogens (tertiary/aromatic N) is 2. The summed E-state index contributed by atoms with van der Waals surface area (Å²) in [5.41, 5.74) is 0. The first-order valence-electron chi connectivity index (χ1n) is 4.62. The van der Waals surface area contributed by atoms with Crippen molar-refractivity contribution in [2.45, 2.75) is 19.9 Å². The van der Waals surface area contributed by atoms with Gasteiger partial charge in [0, 0.05) is 18.8 Å². The summed E-state index contributed by atoms with van der Waals surface area (Å²) in [5.74, 6) is -0.574. The number of aromatic nitrogens is 2. The Bertz CT molecular complexity index is 359. The SMILES string of the molecule is CCc1nccn1CC(=O)NCC(=O)O. The van der Waals surface area contributed by atoms with Crippen LogP contribution in [0, 0.1) is 0 Å². The summed E-state index contributed by atoms with van der Waals surface area (Å²) in [7, 11) is 0. The van der Waals surface area contributed by atoms with E-state index in [9.17, 15) is 9.59 Å². The first kappa shape index (κ1) is 11.2. The van der Waals surface area contributed by atoms with Gasteiger partial charge in [0.05, 0.1) is 0 Å². The number of amides is 1. The number of imidazole rings is 1. The third-order valence-electron chi connectivity index (χ3n) is 1.87. The minimum Gasteiger partial charge on any atom is -0.480 e. The molecule has 6 heteroatoms. The van der Waals surface area contributed by atoms with Gasteiger partial charge < -0.3 is 15.0 Å². The molecule has 1 heterocycles. The van der Waals surface area contributed by atoms with Crippen molar-refractivity contribution in [1.29, 1.82) is 0 Å². The zero-order chi connectivity index (χ0) is 11.3. The largest absolute Gasteiger partial charge is 0.480 e. The van der Waals surface area contributed by atoms with Crippen molar-refractivity contribution < 1.29 is 14.7 Å². The number of carbonyl (C=O) groups excluding carboxylic acids is 1. The van der Waals surface area contributed by atoms with Gasteiger partial charge in [0.1, 0.15) is 18.9 Å². The zero-order valence-electron chi connectivity index (χ0n) is 8.43. The molecule has 1 rings (SSSR count). The Hall–Kier alpha value is -1.85. The first-order valence-corrected chi connectivity index (χ1v) is 4.62. The predicted molar refractivity (Wildman–Crippen MR) is 52.3 cm³/mol. The van der Waals surface area contributed by atoms with E-state index >= 15 is 0 Å². The molecule has 6 nitrogen and oxygen atoms in total. The van der Waals surface area contributed by atoms with Crippen LogP contribution in [0.25, 0.3) is 0 Å². The molecule has 0 saturated carbocycles. The normalized spacial score (nSPS) is 9.93. The van der Waals surface area contributed by atoms with Gasteiger partial charge in [-0.3, -0.25) is 9.59 Å². The summed E-state index contributed by atoms with van der Waals surface area (Å²) >= 11 is 0. The predicted octanol–water partition coefficient (Wildman–Crippen LogP) is -0.354. The van der Waals surface area contributed by atoms with Crippen molar-refractivity contribution in [1.82, 2.24) is 14.9 Å². The summed E-state index contributed by atoms with van der Waals surface area (Å²) in [4.78, 5) is 25.5. The topological polar surface area (TPSA) is 84.2 Å². The first-order chi connectivity index (χ1) is 7.13. The lowest BCUT2D eigenvalue weighted by molar-refractivity contribution is -0.138. The van der Waals surface area contributed by atoms with Crippen molar-refractivity contribution in [3.05, 3.63) is 18.2 Å². The summed E-state index contributed by atoms with van der Waals surface area (Å²) < 4.78 is 1.69. The van der Waals surface area contributed by atoms with Crippen LogP contribution in [0.1, 0.15) is 12.7 Å². The van der Waals surface area contributed by atoms with Gasteiger partial charge in [-0.2, -0.15) is 0 Å². The van der Waals surface area contributed by atoms with Crippen LogP contribution in [-0.4, -0.2) is 33.1 Å². The molecule has 1 aromatic heterocycles. The van der Waals surface area contributed by atoms with E-state index in [-0.39, 0.29) is 19.0 Å². The van der Waals surface area contributed by atoms with Crippen LogP contribution in [0.3, 0.4) is 0 Å². The molecule has 0 saturated heterocycles. The molecular formula is C9H13N3O3. The van der Waals surface area contributed by atoms with Crippen LogP contribution in [0.15, 0.2) is 12.4 Å². The maximum absolute atomic E-state index is 11.3. The highest BCUT2D eigenvalue weighted by atomic mass is 16.4. The number of hydrogen-bond acceptors (Lipinski definition) is 3. The molecule has 0 unspecified atom stereocenters. The molecule has 0 aromatic carbocycles. The maximum Gasteiger partial charge on any atom is 0.322 e. The Morgan fingerprint density at radius 2 is 2.33 bits per heavy atom. The second-order valence-electron chi connectivity index (χ2n) is 3.00. The molecule has 15 heavy (non-hydrogen) atoms. The second kappa shape index (κ2) is 5.14. The van der Waals surface area contributed by atoms with E-state index in [1.807, 2.05) is 6.92 Å². The molecule has 0 radical (unpaired) electrons. The standard InChI is InChI=1S/C9H13N3O3/c1-2-7-10-3-4-12(7)6-8(13)11-5-9(14)15/h3-4H,2,5-6H2,1H3,(H,11,13)(H,14,15). The molecule has 0 spiro atoms. The van der Waals surface area contributed by atoms with Gasteiger partial charge in [-0.15, -0.1) is 0 Å². The number of carbonyl (C=O) groups is 2. The Morgan fingerprint density at radius 1 is 1.60 bits per heavy atom. The van der Waals surface area contributed by atoms with E-state index in [1.165, 1.54) is 0 Å². The van der Waals surface area contributed by atoms with Crippen LogP contribution in [-0.2, 0) is 22.6 Å². The molecular weight excluding hydrogens is 198 g/mol. The van der Waals surface area contributed by atoms with Gasteiger partial charge >= 0.3 is 5.97 Å². The minimum atomic E-state index is -1.05. The van der Waals surface area contributed by atoms with Crippen molar-refractivity contribution >= 4 is 11.9 Å². The molecule has 1 aromatic rings. The molecule has 0 bridgehead atoms. The van der Waals surface area contributed by atoms with E-state index in [2.05, 4.69) is 10.3 Å². The molecule has 0 aliphatic carbocycles. The lowest BCUT2D eigenvalue weighted by Crippen LogP contribution is -2.32. The zero-order valence-corrected chi connectivity index (χ0v) is 8.43. The van der Waals surface area contributed by atoms with Gasteiger partial charge in [0.25, 0.3) is 0 Å². The smallest absolute Gasteiger partial charge is 0.322 e. The van der Waals surface area contributed by atoms with Gasteiger partial charge in [0.15, 0.2) is 0 Å². The third-order valence-corrected chi connectivity index (χ3v) is 1.87. The summed E-state index contributed by atoms with van der Waals surface area (Å²) in [6, 6.07) is 0. The minimum absolute atomic E-state index is 0.108. The van der Waals surface area contributed by atoms with Gasteiger partial charge in [-0.1, -0.05) is 6.92 Å². The molecule has 2 N–H and O–H groups in total. The highest BCUT2D eigenvalue weighted by Gasteiger charge is 2.07. The maximum atomic E-state index is 11.3. The molecule has 1 amide bonds. The fourth-order valence-electron chi connectivity index (χ4n) is 1.18. The molecule has 0 fully saturated rings. The molecule has 0 aliphatic rings. The Balaban J connectivity index is 2.47. The highest BCUT2D eigenvalue weighted by Crippen LogP contribution is 1.97. The summed E-state index contributed by atoms with van der Waals surface area (Å²) in [5, 5.41) is 10.6. The van der Waals surface area contributed by atoms with Crippen LogP contribution >= 0.6 is 0 Å². The Morgan fingerprint density at radius 3 is 2.93 bits per heavy atom. The van der Waals surface area contributed by atoms with Crippen LogP contribution in [0.5, 0.6) is 0 Å². The fourth-order valence-corrected chi connectivity index (χ4v) is 1.18. The van der Waals surface area contributed by atoms with Crippen LogP contribution in [0.4, 0.5) is 0 Å². The van der Waals surface area contributed by atoms with E-state index in [1.54, 1.807) is 17.0 Å². The Labute approximate surface area is 86.9 Å². The van der Waals surface area contributed by atoms with Gasteiger partial charge in [-0.25, -0.2) is 4.98 Å².